The van der Waals surface area contributed by atoms with Gasteiger partial charge in [0, 0.05) is 6.07 Å². The van der Waals surface area contributed by atoms with Gasteiger partial charge < -0.3 is 9.84 Å². The van der Waals surface area contributed by atoms with Crippen LogP contribution in [0.1, 0.15) is 42.5 Å². The monoisotopic (exact) mass is 320 g/mol. The lowest BCUT2D eigenvalue weighted by molar-refractivity contribution is -0.243. The molecule has 1 N–H and O–H groups in total. The van der Waals surface area contributed by atoms with Crippen molar-refractivity contribution in [1.82, 2.24) is 0 Å². The molecular weight excluding hydrogens is 304 g/mol. The molecule has 0 heterocycles. The minimum absolute atomic E-state index is 0.00775. The van der Waals surface area contributed by atoms with Crippen LogP contribution in [0.2, 0.25) is 0 Å². The van der Waals surface area contributed by atoms with Gasteiger partial charge in [-0.05, 0) is 25.0 Å². The number of carboxylic acid groups (broad SMARTS) is 1. The fourth-order valence-corrected chi connectivity index (χ4v) is 2.72. The van der Waals surface area contributed by atoms with Crippen LogP contribution in [0.15, 0.2) is 18.2 Å². The fourth-order valence-electron chi connectivity index (χ4n) is 2.72. The summed E-state index contributed by atoms with van der Waals surface area (Å²) >= 11 is 0. The van der Waals surface area contributed by atoms with Gasteiger partial charge >= 0.3 is 12.1 Å². The van der Waals surface area contributed by atoms with Crippen molar-refractivity contribution >= 4 is 5.97 Å². The molecule has 0 atom stereocenters. The Kier molecular flexibility index (Phi) is 4.63. The second-order valence-electron chi connectivity index (χ2n) is 5.57. The standard InChI is InChI=1S/C15H16F4O3/c16-12-8-10(4-5-11(12)13(20)21)22-9-14(15(17,18)19)6-2-1-3-7-14/h4-5,8H,1-3,6-7,9H2,(H,20,21). The van der Waals surface area contributed by atoms with Crippen LogP contribution in [0, 0.1) is 11.2 Å². The Bertz CT molecular complexity index is 548. The van der Waals surface area contributed by atoms with Gasteiger partial charge in [0.1, 0.15) is 18.2 Å². The lowest BCUT2D eigenvalue weighted by Gasteiger charge is -2.38. The highest BCUT2D eigenvalue weighted by molar-refractivity contribution is 5.88. The number of halogens is 4. The number of carboxylic acids is 1. The van der Waals surface area contributed by atoms with Gasteiger partial charge in [0.2, 0.25) is 0 Å². The Morgan fingerprint density at radius 1 is 1.23 bits per heavy atom. The maximum atomic E-state index is 13.5. The quantitative estimate of drug-likeness (QED) is 0.836. The van der Waals surface area contributed by atoms with E-state index in [-0.39, 0.29) is 18.6 Å². The summed E-state index contributed by atoms with van der Waals surface area (Å²) in [5.41, 5.74) is -2.46. The average molecular weight is 320 g/mol. The highest BCUT2D eigenvalue weighted by Crippen LogP contribution is 2.49. The number of hydrogen-bond donors (Lipinski definition) is 1. The van der Waals surface area contributed by atoms with Crippen LogP contribution >= 0.6 is 0 Å². The molecule has 1 fully saturated rings. The number of hydrogen-bond acceptors (Lipinski definition) is 2. The van der Waals surface area contributed by atoms with Gasteiger partial charge in [-0.1, -0.05) is 19.3 Å². The van der Waals surface area contributed by atoms with Crippen molar-refractivity contribution in [2.24, 2.45) is 5.41 Å². The number of carbonyl (C=O) groups is 1. The van der Waals surface area contributed by atoms with E-state index in [4.69, 9.17) is 9.84 Å². The van der Waals surface area contributed by atoms with Crippen LogP contribution in [0.3, 0.4) is 0 Å². The average Bonchev–Trinajstić information content (AvgIpc) is 2.44. The number of alkyl halides is 3. The topological polar surface area (TPSA) is 46.5 Å². The Balaban J connectivity index is 2.13. The number of aromatic carboxylic acids is 1. The zero-order chi connectivity index (χ0) is 16.4. The molecule has 3 nitrogen and oxygen atoms in total. The zero-order valence-electron chi connectivity index (χ0n) is 11.8. The zero-order valence-corrected chi connectivity index (χ0v) is 11.8. The summed E-state index contributed by atoms with van der Waals surface area (Å²) in [6.07, 6.45) is -2.67. The van der Waals surface area contributed by atoms with Crippen LogP contribution < -0.4 is 4.74 Å². The van der Waals surface area contributed by atoms with E-state index >= 15 is 0 Å². The summed E-state index contributed by atoms with van der Waals surface area (Å²) in [6, 6.07) is 2.95. The lowest BCUT2D eigenvalue weighted by atomic mass is 9.74. The van der Waals surface area contributed by atoms with Gasteiger partial charge in [-0.25, -0.2) is 9.18 Å². The van der Waals surface area contributed by atoms with Gasteiger partial charge in [0.25, 0.3) is 0 Å². The first-order chi connectivity index (χ1) is 10.3. The molecule has 2 rings (SSSR count). The van der Waals surface area contributed by atoms with E-state index in [2.05, 4.69) is 0 Å². The Hall–Kier alpha value is -1.79. The third-order valence-electron chi connectivity index (χ3n) is 4.10. The summed E-state index contributed by atoms with van der Waals surface area (Å²) in [5.74, 6) is -2.57. The molecule has 22 heavy (non-hydrogen) atoms. The van der Waals surface area contributed by atoms with E-state index in [0.29, 0.717) is 12.8 Å². The minimum Gasteiger partial charge on any atom is -0.493 e. The number of ether oxygens (including phenoxy) is 1. The van der Waals surface area contributed by atoms with Gasteiger partial charge in [-0.3, -0.25) is 0 Å². The van der Waals surface area contributed by atoms with Gasteiger partial charge in [-0.2, -0.15) is 13.2 Å². The molecule has 0 saturated heterocycles. The van der Waals surface area contributed by atoms with E-state index in [1.807, 2.05) is 0 Å². The third kappa shape index (κ3) is 3.34. The summed E-state index contributed by atoms with van der Waals surface area (Å²) in [6.45, 7) is -0.581. The van der Waals surface area contributed by atoms with Crippen LogP contribution in [0.5, 0.6) is 5.75 Å². The third-order valence-corrected chi connectivity index (χ3v) is 4.10. The molecule has 0 aliphatic heterocycles. The molecule has 1 aliphatic carbocycles. The first-order valence-corrected chi connectivity index (χ1v) is 6.98. The predicted molar refractivity (Wildman–Crippen MR) is 70.4 cm³/mol. The van der Waals surface area contributed by atoms with Crippen LogP contribution in [0.25, 0.3) is 0 Å². The van der Waals surface area contributed by atoms with E-state index in [1.54, 1.807) is 0 Å². The van der Waals surface area contributed by atoms with Crippen molar-refractivity contribution in [2.75, 3.05) is 6.61 Å². The second kappa shape index (κ2) is 6.14. The molecule has 1 aromatic rings. The molecule has 122 valence electrons. The highest BCUT2D eigenvalue weighted by Gasteiger charge is 2.55. The maximum absolute atomic E-state index is 13.5. The van der Waals surface area contributed by atoms with Crippen molar-refractivity contribution < 1.29 is 32.2 Å². The van der Waals surface area contributed by atoms with E-state index in [0.717, 1.165) is 18.6 Å². The summed E-state index contributed by atoms with van der Waals surface area (Å²) in [4.78, 5) is 10.7. The molecule has 0 amide bonds. The van der Waals surface area contributed by atoms with Gasteiger partial charge in [-0.15, -0.1) is 0 Å². The van der Waals surface area contributed by atoms with Crippen LogP contribution in [-0.4, -0.2) is 23.9 Å². The van der Waals surface area contributed by atoms with E-state index in [9.17, 15) is 22.4 Å². The maximum Gasteiger partial charge on any atom is 0.397 e. The van der Waals surface area contributed by atoms with E-state index in [1.165, 1.54) is 6.07 Å². The second-order valence-corrected chi connectivity index (χ2v) is 5.57. The van der Waals surface area contributed by atoms with Crippen molar-refractivity contribution in [3.05, 3.63) is 29.6 Å². The van der Waals surface area contributed by atoms with Crippen LogP contribution in [0.4, 0.5) is 17.6 Å². The molecule has 0 bridgehead atoms. The SMILES string of the molecule is O=C(O)c1ccc(OCC2(C(F)(F)F)CCCCC2)cc1F. The summed E-state index contributed by atoms with van der Waals surface area (Å²) in [7, 11) is 0. The molecule has 0 unspecified atom stereocenters. The lowest BCUT2D eigenvalue weighted by Crippen LogP contribution is -2.44. The molecule has 1 aromatic carbocycles. The van der Waals surface area contributed by atoms with Gasteiger partial charge in [0.15, 0.2) is 0 Å². The first-order valence-electron chi connectivity index (χ1n) is 6.98. The molecule has 0 radical (unpaired) electrons. The van der Waals surface area contributed by atoms with Crippen molar-refractivity contribution in [3.63, 3.8) is 0 Å². The predicted octanol–water partition coefficient (Wildman–Crippen LogP) is 4.42. The first kappa shape index (κ1) is 16.6. The minimum atomic E-state index is -4.38. The van der Waals surface area contributed by atoms with Gasteiger partial charge in [0.05, 0.1) is 11.0 Å². The fraction of sp³-hybridized carbons (Fsp3) is 0.533. The Morgan fingerprint density at radius 3 is 2.36 bits per heavy atom. The largest absolute Gasteiger partial charge is 0.493 e. The van der Waals surface area contributed by atoms with Crippen LogP contribution in [-0.2, 0) is 0 Å². The highest BCUT2D eigenvalue weighted by atomic mass is 19.4. The smallest absolute Gasteiger partial charge is 0.397 e. The molecule has 0 aromatic heterocycles. The summed E-state index contributed by atoms with van der Waals surface area (Å²) in [5, 5.41) is 8.71. The molecule has 1 aliphatic rings. The number of rotatable bonds is 4. The normalized spacial score (nSPS) is 18.0. The molecular formula is C15H16F4O3. The van der Waals surface area contributed by atoms with Crippen molar-refractivity contribution in [3.8, 4) is 5.75 Å². The molecule has 0 spiro atoms. The molecule has 7 heteroatoms. The Morgan fingerprint density at radius 2 is 1.86 bits per heavy atom. The van der Waals surface area contributed by atoms with Crippen molar-refractivity contribution in [2.45, 2.75) is 38.3 Å². The molecule has 1 saturated carbocycles. The Labute approximate surface area is 124 Å². The number of benzene rings is 1. The summed E-state index contributed by atoms with van der Waals surface area (Å²) < 4.78 is 58.6. The van der Waals surface area contributed by atoms with Crippen molar-refractivity contribution in [1.29, 1.82) is 0 Å². The van der Waals surface area contributed by atoms with E-state index < -0.39 is 35.5 Å².